The summed E-state index contributed by atoms with van der Waals surface area (Å²) in [5, 5.41) is 6.62. The molecule has 0 atom stereocenters. The van der Waals surface area contributed by atoms with Crippen molar-refractivity contribution in [1.82, 2.24) is 14.4 Å². The highest BCUT2D eigenvalue weighted by atomic mass is 32.2. The molecule has 0 radical (unpaired) electrons. The molecule has 0 saturated heterocycles. The van der Waals surface area contributed by atoms with Crippen molar-refractivity contribution < 1.29 is 12.9 Å². The molecule has 21 heavy (non-hydrogen) atoms. The van der Waals surface area contributed by atoms with E-state index >= 15 is 0 Å². The van der Waals surface area contributed by atoms with Crippen molar-refractivity contribution in [2.45, 2.75) is 44.0 Å². The molecule has 1 fully saturated rings. The van der Waals surface area contributed by atoms with Crippen LogP contribution in [0, 0.1) is 13.8 Å². The SMILES string of the molecule is Cc1noc(C)c1S(=O)(=O)N(CCc1nccs1)C1CC1. The number of hydrogen-bond acceptors (Lipinski definition) is 6. The van der Waals surface area contributed by atoms with Crippen LogP contribution in [-0.4, -0.2) is 35.5 Å². The smallest absolute Gasteiger partial charge is 0.248 e. The summed E-state index contributed by atoms with van der Waals surface area (Å²) in [7, 11) is -3.56. The topological polar surface area (TPSA) is 76.3 Å². The highest BCUT2D eigenvalue weighted by Gasteiger charge is 2.40. The summed E-state index contributed by atoms with van der Waals surface area (Å²) in [4.78, 5) is 4.43. The van der Waals surface area contributed by atoms with Gasteiger partial charge in [-0.15, -0.1) is 11.3 Å². The lowest BCUT2D eigenvalue weighted by Crippen LogP contribution is -2.35. The van der Waals surface area contributed by atoms with Gasteiger partial charge in [0, 0.05) is 30.6 Å². The predicted molar refractivity (Wildman–Crippen MR) is 78.7 cm³/mol. The molecule has 0 aromatic carbocycles. The van der Waals surface area contributed by atoms with Gasteiger partial charge in [0.15, 0.2) is 5.76 Å². The third kappa shape index (κ3) is 2.88. The van der Waals surface area contributed by atoms with Gasteiger partial charge in [-0.05, 0) is 26.7 Å². The maximum Gasteiger partial charge on any atom is 0.248 e. The van der Waals surface area contributed by atoms with Gasteiger partial charge in [0.25, 0.3) is 0 Å². The second-order valence-corrected chi connectivity index (χ2v) is 7.98. The zero-order valence-electron chi connectivity index (χ0n) is 11.9. The highest BCUT2D eigenvalue weighted by molar-refractivity contribution is 7.89. The Bertz CT molecular complexity index is 698. The summed E-state index contributed by atoms with van der Waals surface area (Å²) in [5.41, 5.74) is 0.424. The Morgan fingerprint density at radius 3 is 2.71 bits per heavy atom. The summed E-state index contributed by atoms with van der Waals surface area (Å²) in [5.74, 6) is 0.354. The first kappa shape index (κ1) is 14.7. The first-order valence-corrected chi connectivity index (χ1v) is 9.15. The lowest BCUT2D eigenvalue weighted by Gasteiger charge is -2.21. The molecule has 1 aliphatic rings. The molecule has 2 aromatic heterocycles. The molecule has 2 aromatic rings. The number of aromatic nitrogens is 2. The van der Waals surface area contributed by atoms with E-state index in [0.717, 1.165) is 17.8 Å². The second-order valence-electron chi connectivity index (χ2n) is 5.18. The molecule has 114 valence electrons. The van der Waals surface area contributed by atoms with Crippen LogP contribution < -0.4 is 0 Å². The Labute approximate surface area is 127 Å². The predicted octanol–water partition coefficient (Wildman–Crippen LogP) is 2.14. The number of hydrogen-bond donors (Lipinski definition) is 0. The van der Waals surface area contributed by atoms with E-state index in [0.29, 0.717) is 24.4 Å². The number of thiazole rings is 1. The van der Waals surface area contributed by atoms with Crippen molar-refractivity contribution in [1.29, 1.82) is 0 Å². The van der Waals surface area contributed by atoms with Crippen LogP contribution in [0.3, 0.4) is 0 Å². The molecule has 0 bridgehead atoms. The van der Waals surface area contributed by atoms with Gasteiger partial charge >= 0.3 is 0 Å². The third-order valence-corrected chi connectivity index (χ3v) is 6.55. The fourth-order valence-electron chi connectivity index (χ4n) is 2.40. The molecule has 0 N–H and O–H groups in total. The summed E-state index contributed by atoms with van der Waals surface area (Å²) in [6.45, 7) is 3.75. The molecule has 3 rings (SSSR count). The van der Waals surface area contributed by atoms with Gasteiger partial charge in [0.05, 0.1) is 5.01 Å². The molecule has 1 aliphatic carbocycles. The first-order chi connectivity index (χ1) is 10.00. The summed E-state index contributed by atoms with van der Waals surface area (Å²) < 4.78 is 32.4. The van der Waals surface area contributed by atoms with E-state index in [1.807, 2.05) is 5.38 Å². The minimum absolute atomic E-state index is 0.101. The van der Waals surface area contributed by atoms with Gasteiger partial charge in [0.1, 0.15) is 10.6 Å². The Morgan fingerprint density at radius 1 is 1.43 bits per heavy atom. The maximum absolute atomic E-state index is 12.9. The largest absolute Gasteiger partial charge is 0.360 e. The molecule has 8 heteroatoms. The molecule has 0 amide bonds. The Balaban J connectivity index is 1.86. The molecule has 0 unspecified atom stereocenters. The van der Waals surface area contributed by atoms with Crippen LogP contribution in [0.25, 0.3) is 0 Å². The quantitative estimate of drug-likeness (QED) is 0.812. The molecule has 2 heterocycles. The Morgan fingerprint density at radius 2 is 2.19 bits per heavy atom. The van der Waals surface area contributed by atoms with Gasteiger partial charge in [-0.2, -0.15) is 4.31 Å². The van der Waals surface area contributed by atoms with Gasteiger partial charge in [-0.1, -0.05) is 5.16 Å². The number of aryl methyl sites for hydroxylation is 2. The van der Waals surface area contributed by atoms with Crippen molar-refractivity contribution in [2.24, 2.45) is 0 Å². The average Bonchev–Trinajstić information content (AvgIpc) is 2.98. The molecular weight excluding hydrogens is 310 g/mol. The van der Waals surface area contributed by atoms with E-state index in [-0.39, 0.29) is 10.9 Å². The van der Waals surface area contributed by atoms with Crippen molar-refractivity contribution in [3.8, 4) is 0 Å². The van der Waals surface area contributed by atoms with Gasteiger partial charge < -0.3 is 4.52 Å². The highest BCUT2D eigenvalue weighted by Crippen LogP contribution is 2.34. The molecule has 0 spiro atoms. The first-order valence-electron chi connectivity index (χ1n) is 6.83. The number of sulfonamides is 1. The van der Waals surface area contributed by atoms with E-state index in [1.165, 1.54) is 0 Å². The van der Waals surface area contributed by atoms with E-state index in [2.05, 4.69) is 10.1 Å². The van der Waals surface area contributed by atoms with Crippen molar-refractivity contribution in [3.05, 3.63) is 28.0 Å². The molecular formula is C13H17N3O3S2. The fraction of sp³-hybridized carbons (Fsp3) is 0.538. The zero-order valence-corrected chi connectivity index (χ0v) is 13.6. The summed E-state index contributed by atoms with van der Waals surface area (Å²) in [6, 6.07) is 0.101. The van der Waals surface area contributed by atoms with Crippen LogP contribution in [0.1, 0.15) is 29.3 Å². The molecule has 6 nitrogen and oxygen atoms in total. The number of nitrogens with zero attached hydrogens (tertiary/aromatic N) is 3. The van der Waals surface area contributed by atoms with Crippen LogP contribution in [-0.2, 0) is 16.4 Å². The maximum atomic E-state index is 12.9. The van der Waals surface area contributed by atoms with E-state index < -0.39 is 10.0 Å². The second kappa shape index (κ2) is 5.51. The monoisotopic (exact) mass is 327 g/mol. The van der Waals surface area contributed by atoms with E-state index in [9.17, 15) is 8.42 Å². The minimum atomic E-state index is -3.56. The van der Waals surface area contributed by atoms with E-state index in [4.69, 9.17) is 4.52 Å². The van der Waals surface area contributed by atoms with Crippen molar-refractivity contribution in [2.75, 3.05) is 6.54 Å². The van der Waals surface area contributed by atoms with Crippen LogP contribution in [0.2, 0.25) is 0 Å². The molecule has 0 aliphatic heterocycles. The number of rotatable bonds is 6. The third-order valence-electron chi connectivity index (χ3n) is 3.52. The van der Waals surface area contributed by atoms with Crippen LogP contribution in [0.4, 0.5) is 0 Å². The summed E-state index contributed by atoms with van der Waals surface area (Å²) in [6.07, 6.45) is 4.21. The summed E-state index contributed by atoms with van der Waals surface area (Å²) >= 11 is 1.55. The van der Waals surface area contributed by atoms with Crippen molar-refractivity contribution in [3.63, 3.8) is 0 Å². The Hall–Kier alpha value is -1.25. The van der Waals surface area contributed by atoms with Gasteiger partial charge in [0.2, 0.25) is 10.0 Å². The standard InChI is InChI=1S/C13H17N3O3S2/c1-9-13(10(2)19-15-9)21(17,18)16(11-3-4-11)7-5-12-14-6-8-20-12/h6,8,11H,3-5,7H2,1-2H3. The fourth-order valence-corrected chi connectivity index (χ4v) is 4.99. The lowest BCUT2D eigenvalue weighted by atomic mass is 10.4. The van der Waals surface area contributed by atoms with Crippen LogP contribution in [0.5, 0.6) is 0 Å². The van der Waals surface area contributed by atoms with Crippen LogP contribution in [0.15, 0.2) is 21.0 Å². The van der Waals surface area contributed by atoms with Crippen molar-refractivity contribution >= 4 is 21.4 Å². The van der Waals surface area contributed by atoms with Crippen LogP contribution >= 0.6 is 11.3 Å². The van der Waals surface area contributed by atoms with E-state index in [1.54, 1.807) is 35.7 Å². The molecule has 1 saturated carbocycles. The van der Waals surface area contributed by atoms with Gasteiger partial charge in [-0.3, -0.25) is 0 Å². The average molecular weight is 327 g/mol. The van der Waals surface area contributed by atoms with Gasteiger partial charge in [-0.25, -0.2) is 13.4 Å². The zero-order chi connectivity index (χ0) is 15.0. The lowest BCUT2D eigenvalue weighted by molar-refractivity contribution is 0.386. The Kier molecular flexibility index (Phi) is 3.85. The minimum Gasteiger partial charge on any atom is -0.360 e. The normalized spacial score (nSPS) is 15.8.